The third kappa shape index (κ3) is 5.11. The molecule has 0 nitrogen and oxygen atoms in total. The van der Waals surface area contributed by atoms with Gasteiger partial charge in [0.05, 0.1) is 0 Å². The van der Waals surface area contributed by atoms with Crippen molar-refractivity contribution in [1.29, 1.82) is 0 Å². The monoisotopic (exact) mass is 212 g/mol. The fraction of sp³-hybridized carbons (Fsp3) is 0.286. The highest BCUT2D eigenvalue weighted by Crippen LogP contribution is 2.00. The van der Waals surface area contributed by atoms with Crippen LogP contribution >= 0.6 is 0 Å². The molecule has 1 rings (SSSR count). The normalized spacial score (nSPS) is 9.60. The lowest BCUT2D eigenvalue weighted by molar-refractivity contribution is 1.46. The van der Waals surface area contributed by atoms with Crippen LogP contribution in [-0.4, -0.2) is 8.07 Å². The van der Waals surface area contributed by atoms with E-state index in [1.165, 1.54) is 5.56 Å². The summed E-state index contributed by atoms with van der Waals surface area (Å²) in [5.74, 6) is 8.88. The van der Waals surface area contributed by atoms with Crippen LogP contribution in [0.25, 0.3) is 0 Å². The molecule has 0 N–H and O–H groups in total. The largest absolute Gasteiger partial charge is 0.130 e. The van der Waals surface area contributed by atoms with Gasteiger partial charge in [-0.1, -0.05) is 43.3 Å². The van der Waals surface area contributed by atoms with Crippen molar-refractivity contribution in [2.45, 2.75) is 26.6 Å². The number of aryl methyl sites for hydroxylation is 1. The minimum atomic E-state index is -1.27. The quantitative estimate of drug-likeness (QED) is 0.457. The predicted octanol–water partition coefficient (Wildman–Crippen LogP) is 3.23. The van der Waals surface area contributed by atoms with E-state index in [1.54, 1.807) is 0 Å². The topological polar surface area (TPSA) is 0 Å². The molecule has 15 heavy (non-hydrogen) atoms. The molecule has 0 amide bonds. The van der Waals surface area contributed by atoms with E-state index in [2.05, 4.69) is 62.0 Å². The van der Waals surface area contributed by atoms with Crippen LogP contribution in [0.1, 0.15) is 11.1 Å². The molecule has 0 heterocycles. The molecule has 0 aliphatic heterocycles. The zero-order valence-corrected chi connectivity index (χ0v) is 10.8. The molecule has 0 saturated carbocycles. The van der Waals surface area contributed by atoms with E-state index in [1.807, 2.05) is 12.1 Å². The van der Waals surface area contributed by atoms with Crippen LogP contribution < -0.4 is 0 Å². The van der Waals surface area contributed by atoms with Gasteiger partial charge in [-0.05, 0) is 30.9 Å². The molecule has 0 unspecified atom stereocenters. The zero-order valence-electron chi connectivity index (χ0n) is 9.81. The molecule has 76 valence electrons. The van der Waals surface area contributed by atoms with Crippen molar-refractivity contribution in [2.24, 2.45) is 0 Å². The minimum Gasteiger partial charge on any atom is -0.118 e. The molecule has 0 radical (unpaired) electrons. The molecule has 1 heteroatoms. The van der Waals surface area contributed by atoms with Gasteiger partial charge in [0.25, 0.3) is 0 Å². The highest BCUT2D eigenvalue weighted by atomic mass is 28.3. The van der Waals surface area contributed by atoms with E-state index in [4.69, 9.17) is 0 Å². The maximum atomic E-state index is 3.22. The number of rotatable bonds is 0. The lowest BCUT2D eigenvalue weighted by Crippen LogP contribution is -2.16. The van der Waals surface area contributed by atoms with E-state index in [-0.39, 0.29) is 0 Å². The summed E-state index contributed by atoms with van der Waals surface area (Å²) in [4.78, 5) is 0. The second-order valence-corrected chi connectivity index (χ2v) is 9.37. The molecule has 0 aliphatic carbocycles. The second-order valence-electron chi connectivity index (χ2n) is 4.62. The molecular formula is C14H16Si. The van der Waals surface area contributed by atoms with E-state index in [9.17, 15) is 0 Å². The maximum absolute atomic E-state index is 3.22. The summed E-state index contributed by atoms with van der Waals surface area (Å²) in [6.07, 6.45) is 0. The van der Waals surface area contributed by atoms with E-state index in [0.29, 0.717) is 0 Å². The molecule has 0 atom stereocenters. The highest BCUT2D eigenvalue weighted by Gasteiger charge is 2.06. The SMILES string of the molecule is Cc1ccc(C#CC#C[Si](C)(C)C)cc1. The molecule has 0 spiro atoms. The lowest BCUT2D eigenvalue weighted by Gasteiger charge is -2.01. The Morgan fingerprint density at radius 2 is 1.53 bits per heavy atom. The van der Waals surface area contributed by atoms with Gasteiger partial charge in [-0.25, -0.2) is 0 Å². The van der Waals surface area contributed by atoms with Gasteiger partial charge in [-0.3, -0.25) is 0 Å². The molecule has 0 bridgehead atoms. The summed E-state index contributed by atoms with van der Waals surface area (Å²) in [5, 5.41) is 0. The molecular weight excluding hydrogens is 196 g/mol. The fourth-order valence-electron chi connectivity index (χ4n) is 0.959. The number of hydrogen-bond acceptors (Lipinski definition) is 0. The van der Waals surface area contributed by atoms with Crippen LogP contribution in [0.4, 0.5) is 0 Å². The first kappa shape index (κ1) is 11.6. The maximum Gasteiger partial charge on any atom is 0.130 e. The first-order chi connectivity index (χ1) is 6.97. The van der Waals surface area contributed by atoms with Crippen LogP contribution in [0.3, 0.4) is 0 Å². The molecule has 0 aliphatic rings. The Labute approximate surface area is 93.7 Å². The molecule has 1 aromatic carbocycles. The van der Waals surface area contributed by atoms with Crippen molar-refractivity contribution < 1.29 is 0 Å². The third-order valence-electron chi connectivity index (χ3n) is 1.76. The van der Waals surface area contributed by atoms with Gasteiger partial charge >= 0.3 is 0 Å². The molecule has 1 aromatic rings. The van der Waals surface area contributed by atoms with Crippen molar-refractivity contribution in [3.8, 4) is 23.3 Å². The first-order valence-electron chi connectivity index (χ1n) is 5.07. The fourth-order valence-corrected chi connectivity index (χ4v) is 1.40. The van der Waals surface area contributed by atoms with Gasteiger partial charge < -0.3 is 0 Å². The molecule has 0 saturated heterocycles. The van der Waals surface area contributed by atoms with Gasteiger partial charge in [0.2, 0.25) is 0 Å². The number of benzene rings is 1. The van der Waals surface area contributed by atoms with Gasteiger partial charge in [-0.2, -0.15) is 0 Å². The van der Waals surface area contributed by atoms with Crippen molar-refractivity contribution in [3.05, 3.63) is 35.4 Å². The molecule has 0 fully saturated rings. The second kappa shape index (κ2) is 4.87. The van der Waals surface area contributed by atoms with E-state index in [0.717, 1.165) is 5.56 Å². The van der Waals surface area contributed by atoms with Crippen LogP contribution in [0.15, 0.2) is 24.3 Å². The van der Waals surface area contributed by atoms with Gasteiger partial charge in [0.15, 0.2) is 0 Å². The van der Waals surface area contributed by atoms with Crippen molar-refractivity contribution in [3.63, 3.8) is 0 Å². The Kier molecular flexibility index (Phi) is 3.78. The summed E-state index contributed by atoms with van der Waals surface area (Å²) in [5.41, 5.74) is 5.51. The van der Waals surface area contributed by atoms with Crippen LogP contribution in [0.2, 0.25) is 19.6 Å². The summed E-state index contributed by atoms with van der Waals surface area (Å²) in [7, 11) is -1.27. The first-order valence-corrected chi connectivity index (χ1v) is 8.57. The zero-order chi connectivity index (χ0) is 11.3. The lowest BCUT2D eigenvalue weighted by atomic mass is 10.2. The number of hydrogen-bond donors (Lipinski definition) is 0. The third-order valence-corrected chi connectivity index (χ3v) is 2.63. The van der Waals surface area contributed by atoms with Crippen LogP contribution in [0.5, 0.6) is 0 Å². The summed E-state index contributed by atoms with van der Waals surface area (Å²) >= 11 is 0. The Hall–Kier alpha value is -1.44. The Bertz CT molecular complexity index is 439. The van der Waals surface area contributed by atoms with Gasteiger partial charge in [0.1, 0.15) is 8.07 Å². The van der Waals surface area contributed by atoms with Crippen molar-refractivity contribution >= 4 is 8.07 Å². The predicted molar refractivity (Wildman–Crippen MR) is 69.2 cm³/mol. The van der Waals surface area contributed by atoms with E-state index >= 15 is 0 Å². The Balaban J connectivity index is 2.74. The average molecular weight is 212 g/mol. The Morgan fingerprint density at radius 1 is 0.933 bits per heavy atom. The summed E-state index contributed by atoms with van der Waals surface area (Å²) in [6, 6.07) is 8.18. The van der Waals surface area contributed by atoms with Crippen LogP contribution in [0, 0.1) is 30.2 Å². The Morgan fingerprint density at radius 3 is 2.07 bits per heavy atom. The minimum absolute atomic E-state index is 1.03. The van der Waals surface area contributed by atoms with Gasteiger partial charge in [0, 0.05) is 5.56 Å². The van der Waals surface area contributed by atoms with Crippen molar-refractivity contribution in [2.75, 3.05) is 0 Å². The van der Waals surface area contributed by atoms with Crippen molar-refractivity contribution in [1.82, 2.24) is 0 Å². The summed E-state index contributed by atoms with van der Waals surface area (Å²) < 4.78 is 0. The van der Waals surface area contributed by atoms with Gasteiger partial charge in [-0.15, -0.1) is 5.54 Å². The van der Waals surface area contributed by atoms with Crippen LogP contribution in [-0.2, 0) is 0 Å². The highest BCUT2D eigenvalue weighted by molar-refractivity contribution is 6.83. The van der Waals surface area contributed by atoms with E-state index < -0.39 is 8.07 Å². The standard InChI is InChI=1S/C14H16Si/c1-13-8-10-14(11-9-13)7-5-6-12-15(2,3)4/h8-11H,1-4H3. The summed E-state index contributed by atoms with van der Waals surface area (Å²) in [6.45, 7) is 8.72. The smallest absolute Gasteiger partial charge is 0.118 e. The molecule has 0 aromatic heterocycles. The average Bonchev–Trinajstić information content (AvgIpc) is 2.14.